The zero-order chi connectivity index (χ0) is 50.2. The summed E-state index contributed by atoms with van der Waals surface area (Å²) in [6.07, 6.45) is 5.06. The van der Waals surface area contributed by atoms with E-state index < -0.39 is 23.8 Å². The van der Waals surface area contributed by atoms with Crippen LogP contribution in [0.1, 0.15) is 111 Å². The van der Waals surface area contributed by atoms with Crippen molar-refractivity contribution < 1.29 is 41.8 Å². The van der Waals surface area contributed by atoms with E-state index in [0.29, 0.717) is 101 Å². The number of likely N-dealkylation sites (tertiary alicyclic amines) is 3. The second-order valence-electron chi connectivity index (χ2n) is 20.3. The van der Waals surface area contributed by atoms with Gasteiger partial charge in [0.15, 0.2) is 11.5 Å². The number of carbonyl (C=O) groups excluding carboxylic acids is 4. The molecule has 380 valence electrons. The lowest BCUT2D eigenvalue weighted by atomic mass is 9.65. The Morgan fingerprint density at radius 3 is 2.28 bits per heavy atom. The van der Waals surface area contributed by atoms with E-state index >= 15 is 0 Å². The molecule has 4 N–H and O–H groups in total. The van der Waals surface area contributed by atoms with E-state index in [4.69, 9.17) is 26.8 Å². The predicted octanol–water partition coefficient (Wildman–Crippen LogP) is 9.02. The van der Waals surface area contributed by atoms with Crippen LogP contribution in [0.15, 0.2) is 48.5 Å². The number of nitrogen functional groups attached to an aromatic ring is 1. The summed E-state index contributed by atoms with van der Waals surface area (Å²) < 4.78 is 53.1. The van der Waals surface area contributed by atoms with Gasteiger partial charge in [-0.25, -0.2) is 14.8 Å². The van der Waals surface area contributed by atoms with Gasteiger partial charge in [-0.05, 0) is 138 Å². The number of imide groups is 1. The Morgan fingerprint density at radius 1 is 0.887 bits per heavy atom. The van der Waals surface area contributed by atoms with Crippen LogP contribution < -0.4 is 30.7 Å². The summed E-state index contributed by atoms with van der Waals surface area (Å²) in [5.74, 6) is 2.34. The number of alkyl halides is 3. The van der Waals surface area contributed by atoms with E-state index in [1.165, 1.54) is 23.8 Å². The van der Waals surface area contributed by atoms with Crippen LogP contribution in [0.2, 0.25) is 5.02 Å². The first-order valence-electron chi connectivity index (χ1n) is 24.9. The lowest BCUT2D eigenvalue weighted by molar-refractivity contribution is -0.139. The Kier molecular flexibility index (Phi) is 14.6. The number of aromatic nitrogens is 2. The van der Waals surface area contributed by atoms with Crippen LogP contribution in [0.25, 0.3) is 10.9 Å². The van der Waals surface area contributed by atoms with E-state index in [9.17, 15) is 32.3 Å². The predicted molar refractivity (Wildman–Crippen MR) is 265 cm³/mol. The molecule has 1 spiro atoms. The number of nitrogens with one attached hydrogen (secondary N) is 2. The molecule has 1 atom stereocenters. The Balaban J connectivity index is 0.719. The normalized spacial score (nSPS) is 20.3. The molecule has 5 aliphatic rings. The molecule has 19 heteroatoms. The summed E-state index contributed by atoms with van der Waals surface area (Å²) in [4.78, 5) is 68.7. The molecule has 4 aromatic rings. The number of piperidine rings is 3. The van der Waals surface area contributed by atoms with Gasteiger partial charge in [0, 0.05) is 87.2 Å². The Morgan fingerprint density at radius 2 is 1.61 bits per heavy atom. The molecule has 4 aliphatic heterocycles. The highest BCUT2D eigenvalue weighted by Gasteiger charge is 2.41. The first-order chi connectivity index (χ1) is 33.9. The zero-order valence-corrected chi connectivity index (χ0v) is 41.3. The number of nitrogens with zero attached hydrogens (tertiary/aromatic N) is 6. The maximum Gasteiger partial charge on any atom is 0.416 e. The van der Waals surface area contributed by atoms with Gasteiger partial charge in [0.2, 0.25) is 11.8 Å². The van der Waals surface area contributed by atoms with Crippen molar-refractivity contribution >= 4 is 63.4 Å². The smallest absolute Gasteiger partial charge is 0.416 e. The number of benzene rings is 3. The topological polar surface area (TPSA) is 176 Å². The minimum Gasteiger partial charge on any atom is -0.493 e. The average molecular weight is 1000 g/mol. The number of carbonyl (C=O) groups is 4. The van der Waals surface area contributed by atoms with Crippen molar-refractivity contribution in [1.82, 2.24) is 30.0 Å². The van der Waals surface area contributed by atoms with Gasteiger partial charge in [-0.3, -0.25) is 24.6 Å². The molecule has 1 saturated carbocycles. The Labute approximate surface area is 416 Å². The number of urea groups is 1. The van der Waals surface area contributed by atoms with Gasteiger partial charge < -0.3 is 35.2 Å². The Hall–Kier alpha value is -5.88. The molecule has 9 rings (SSSR count). The van der Waals surface area contributed by atoms with Crippen LogP contribution in [0.5, 0.6) is 11.5 Å². The zero-order valence-electron chi connectivity index (χ0n) is 40.6. The lowest BCUT2D eigenvalue weighted by Crippen LogP contribution is -2.49. The molecule has 0 unspecified atom stereocenters. The highest BCUT2D eigenvalue weighted by Crippen LogP contribution is 2.47. The van der Waals surface area contributed by atoms with Gasteiger partial charge in [0.05, 0.1) is 34.9 Å². The van der Waals surface area contributed by atoms with Crippen molar-refractivity contribution in [2.24, 2.45) is 17.3 Å². The number of aryl methyl sites for hydroxylation is 1. The van der Waals surface area contributed by atoms with Gasteiger partial charge in [-0.2, -0.15) is 13.2 Å². The first-order valence-corrected chi connectivity index (χ1v) is 25.3. The van der Waals surface area contributed by atoms with Crippen molar-refractivity contribution in [2.75, 3.05) is 75.4 Å². The molecule has 0 bridgehead atoms. The third kappa shape index (κ3) is 11.3. The maximum atomic E-state index is 13.8. The number of nitrogens with two attached hydrogens (primary N) is 1. The van der Waals surface area contributed by atoms with Crippen LogP contribution in [0.3, 0.4) is 0 Å². The van der Waals surface area contributed by atoms with Crippen LogP contribution in [0, 0.1) is 24.2 Å². The molecule has 0 radical (unpaired) electrons. The van der Waals surface area contributed by atoms with Gasteiger partial charge in [-0.1, -0.05) is 11.6 Å². The van der Waals surface area contributed by atoms with Gasteiger partial charge >= 0.3 is 12.2 Å². The summed E-state index contributed by atoms with van der Waals surface area (Å²) in [5, 5.41) is 6.56. The van der Waals surface area contributed by atoms with Crippen LogP contribution in [-0.2, 0) is 15.8 Å². The van der Waals surface area contributed by atoms with E-state index in [2.05, 4.69) is 25.5 Å². The number of methoxy groups -OCH3 is 1. The van der Waals surface area contributed by atoms with Crippen molar-refractivity contribution in [3.05, 3.63) is 76.1 Å². The van der Waals surface area contributed by atoms with E-state index in [1.54, 1.807) is 51.3 Å². The van der Waals surface area contributed by atoms with Crippen LogP contribution >= 0.6 is 11.6 Å². The summed E-state index contributed by atoms with van der Waals surface area (Å²) in [7, 11) is 1.56. The minimum absolute atomic E-state index is 0.00497. The highest BCUT2D eigenvalue weighted by molar-refractivity contribution is 6.34. The van der Waals surface area contributed by atoms with Crippen molar-refractivity contribution in [3.63, 3.8) is 0 Å². The van der Waals surface area contributed by atoms with E-state index in [0.717, 1.165) is 70.3 Å². The quantitative estimate of drug-likeness (QED) is 0.122. The van der Waals surface area contributed by atoms with Crippen LogP contribution in [-0.4, -0.2) is 114 Å². The van der Waals surface area contributed by atoms with Gasteiger partial charge in [0.1, 0.15) is 17.7 Å². The fourth-order valence-electron chi connectivity index (χ4n) is 11.3. The number of amides is 5. The maximum absolute atomic E-state index is 13.8. The number of ether oxygens (including phenoxy) is 2. The summed E-state index contributed by atoms with van der Waals surface area (Å²) in [6, 6.07) is 11.0. The lowest BCUT2D eigenvalue weighted by Gasteiger charge is -2.47. The standard InChI is InChI=1S/C52H63ClF3N9O6/c1-31(36-24-37(52(54,55)56)27-38(57)25-36)58-47-40-28-45(44(70-3)29-42(40)59-32(2)60-47)71-39-10-19-63(20-11-39)48(67)34-8-17-62(18-9-34)30-33-6-13-51(14-7-33)15-22-64(23-16-51)49(68)35-4-5-41(53)43(26-35)65-21-12-46(66)61-50(65)69/h4-5,24-29,31,33-34,39H,6-23,30,57H2,1-3H3,(H,58,59,60)(H,61,66,69)/t31-/m1/s1. The third-order valence-electron chi connectivity index (χ3n) is 15.6. The summed E-state index contributed by atoms with van der Waals surface area (Å²) in [6.45, 7) is 9.14. The summed E-state index contributed by atoms with van der Waals surface area (Å²) >= 11 is 6.44. The number of halogens is 4. The minimum atomic E-state index is -4.54. The fourth-order valence-corrected chi connectivity index (χ4v) is 11.6. The number of fused-ring (bicyclic) bond motifs is 1. The van der Waals surface area contributed by atoms with Gasteiger partial charge in [-0.15, -0.1) is 0 Å². The SMILES string of the molecule is COc1cc2nc(C)nc(N[C@H](C)c3cc(N)cc(C(F)(F)F)c3)c2cc1OC1CCN(C(=O)C2CCN(CC3CCC4(CC3)CCN(C(=O)c3ccc(Cl)c(N5CCC(=O)NC5=O)c3)CC4)CC2)CC1. The number of rotatable bonds is 11. The number of hydrogen-bond acceptors (Lipinski definition) is 11. The number of anilines is 3. The monoisotopic (exact) mass is 1000 g/mol. The van der Waals surface area contributed by atoms with Crippen molar-refractivity contribution in [3.8, 4) is 11.5 Å². The van der Waals surface area contributed by atoms with Gasteiger partial charge in [0.25, 0.3) is 5.91 Å². The highest BCUT2D eigenvalue weighted by atomic mass is 35.5. The summed E-state index contributed by atoms with van der Waals surface area (Å²) in [5.41, 5.74) is 7.17. The fraction of sp³-hybridized carbons (Fsp3) is 0.538. The molecule has 1 aromatic heterocycles. The average Bonchev–Trinajstić information content (AvgIpc) is 3.35. The molecular formula is C52H63ClF3N9O6. The third-order valence-corrected chi connectivity index (χ3v) is 15.9. The molecule has 3 aromatic carbocycles. The van der Waals surface area contributed by atoms with E-state index in [1.807, 2.05) is 9.80 Å². The van der Waals surface area contributed by atoms with E-state index in [-0.39, 0.29) is 53.8 Å². The molecule has 4 saturated heterocycles. The van der Waals surface area contributed by atoms with Crippen molar-refractivity contribution in [2.45, 2.75) is 103 Å². The molecule has 5 amide bonds. The molecule has 5 heterocycles. The number of hydrogen-bond donors (Lipinski definition) is 3. The molecule has 71 heavy (non-hydrogen) atoms. The molecule has 15 nitrogen and oxygen atoms in total. The first kappa shape index (κ1) is 50.1. The second kappa shape index (κ2) is 20.7. The second-order valence-corrected chi connectivity index (χ2v) is 20.7. The molecule has 5 fully saturated rings. The van der Waals surface area contributed by atoms with Crippen LogP contribution in [0.4, 0.5) is 35.2 Å². The van der Waals surface area contributed by atoms with Crippen molar-refractivity contribution in [1.29, 1.82) is 0 Å². The Bertz CT molecular complexity index is 2660. The molecule has 1 aliphatic carbocycles. The largest absolute Gasteiger partial charge is 0.493 e. The molecular weight excluding hydrogens is 939 g/mol.